The van der Waals surface area contributed by atoms with E-state index in [1.54, 1.807) is 0 Å². The highest BCUT2D eigenvalue weighted by molar-refractivity contribution is 7.88. The van der Waals surface area contributed by atoms with E-state index in [4.69, 9.17) is 4.55 Å². The van der Waals surface area contributed by atoms with Crippen molar-refractivity contribution in [1.29, 1.82) is 0 Å². The van der Waals surface area contributed by atoms with E-state index >= 15 is 0 Å². The van der Waals surface area contributed by atoms with Crippen molar-refractivity contribution in [3.05, 3.63) is 0 Å². The second-order valence-corrected chi connectivity index (χ2v) is 3.67. The molecule has 0 rings (SSSR count). The quantitative estimate of drug-likeness (QED) is 0.371. The van der Waals surface area contributed by atoms with Gasteiger partial charge in [-0.1, -0.05) is 0 Å². The van der Waals surface area contributed by atoms with Crippen LogP contribution in [0.2, 0.25) is 0 Å². The Morgan fingerprint density at radius 3 is 2.14 bits per heavy atom. The first-order valence-electron chi connectivity index (χ1n) is 3.55. The van der Waals surface area contributed by atoms with Gasteiger partial charge in [-0.2, -0.15) is 8.42 Å². The van der Waals surface area contributed by atoms with E-state index in [0.29, 0.717) is 0 Å². The molecule has 0 aliphatic carbocycles. The van der Waals surface area contributed by atoms with Gasteiger partial charge >= 0.3 is 11.9 Å². The number of hydrogen-bond acceptors (Lipinski definition) is 6. The number of methoxy groups -OCH3 is 1. The van der Waals surface area contributed by atoms with Gasteiger partial charge in [0.05, 0.1) is 13.7 Å². The molecular formula is C6H10O7S. The molecule has 14 heavy (non-hydrogen) atoms. The monoisotopic (exact) mass is 226 g/mol. The van der Waals surface area contributed by atoms with E-state index in [2.05, 4.69) is 9.47 Å². The highest BCUT2D eigenvalue weighted by Gasteiger charge is 2.40. The summed E-state index contributed by atoms with van der Waals surface area (Å²) in [5, 5.41) is -2.33. The van der Waals surface area contributed by atoms with Crippen LogP contribution in [-0.4, -0.2) is 43.9 Å². The van der Waals surface area contributed by atoms with Gasteiger partial charge in [0.2, 0.25) is 0 Å². The Bertz CT molecular complexity index is 317. The van der Waals surface area contributed by atoms with E-state index in [0.717, 1.165) is 7.11 Å². The maximum atomic E-state index is 10.9. The minimum atomic E-state index is -4.85. The molecule has 0 aliphatic rings. The van der Waals surface area contributed by atoms with Gasteiger partial charge in [-0.15, -0.1) is 0 Å². The fourth-order valence-corrected chi connectivity index (χ4v) is 1.32. The number of carbonyl (C=O) groups is 2. The predicted octanol–water partition coefficient (Wildman–Crippen LogP) is -1.02. The summed E-state index contributed by atoms with van der Waals surface area (Å²) in [6.45, 7) is 1.32. The molecule has 0 radical (unpaired) electrons. The molecule has 7 nitrogen and oxygen atoms in total. The summed E-state index contributed by atoms with van der Waals surface area (Å²) in [4.78, 5) is 21.7. The molecule has 0 bridgehead atoms. The van der Waals surface area contributed by atoms with Gasteiger partial charge in [0.1, 0.15) is 0 Å². The van der Waals surface area contributed by atoms with Crippen LogP contribution in [0.15, 0.2) is 0 Å². The molecule has 0 fully saturated rings. The van der Waals surface area contributed by atoms with Gasteiger partial charge in [-0.3, -0.25) is 4.55 Å². The molecule has 0 saturated heterocycles. The van der Waals surface area contributed by atoms with Crippen LogP contribution < -0.4 is 0 Å². The third-order valence-corrected chi connectivity index (χ3v) is 2.19. The predicted molar refractivity (Wildman–Crippen MR) is 44.0 cm³/mol. The lowest BCUT2D eigenvalue weighted by molar-refractivity contribution is -0.152. The van der Waals surface area contributed by atoms with Gasteiger partial charge in [0.25, 0.3) is 15.4 Å². The number of hydrogen-bond donors (Lipinski definition) is 1. The minimum Gasteiger partial charge on any atom is -0.468 e. The summed E-state index contributed by atoms with van der Waals surface area (Å²) < 4.78 is 38.1. The molecule has 82 valence electrons. The van der Waals surface area contributed by atoms with Gasteiger partial charge < -0.3 is 9.47 Å². The molecule has 0 aromatic rings. The smallest absolute Gasteiger partial charge is 0.338 e. The highest BCUT2D eigenvalue weighted by atomic mass is 32.2. The fourth-order valence-electron chi connectivity index (χ4n) is 0.664. The second-order valence-electron chi connectivity index (χ2n) is 2.17. The Labute approximate surface area is 80.7 Å². The summed E-state index contributed by atoms with van der Waals surface area (Å²) in [5.41, 5.74) is 0. The Morgan fingerprint density at radius 2 is 1.86 bits per heavy atom. The van der Waals surface area contributed by atoms with Gasteiger partial charge in [-0.05, 0) is 6.92 Å². The summed E-state index contributed by atoms with van der Waals surface area (Å²) in [6, 6.07) is 0. The first kappa shape index (κ1) is 12.8. The molecule has 1 atom stereocenters. The van der Waals surface area contributed by atoms with Crippen molar-refractivity contribution < 1.29 is 32.0 Å². The van der Waals surface area contributed by atoms with Crippen molar-refractivity contribution in [2.24, 2.45) is 0 Å². The van der Waals surface area contributed by atoms with Crippen molar-refractivity contribution in [2.45, 2.75) is 12.2 Å². The van der Waals surface area contributed by atoms with Crippen LogP contribution in [-0.2, 0) is 29.2 Å². The molecule has 0 spiro atoms. The van der Waals surface area contributed by atoms with Crippen molar-refractivity contribution in [3.63, 3.8) is 0 Å². The minimum absolute atomic E-state index is 0.109. The standard InChI is InChI=1S/C6H10O7S/c1-3-13-6(8)4(5(7)12-2)14(9,10)11/h4H,3H2,1-2H3,(H,9,10,11). The zero-order valence-corrected chi connectivity index (χ0v) is 8.41. The van der Waals surface area contributed by atoms with Crippen LogP contribution >= 0.6 is 0 Å². The van der Waals surface area contributed by atoms with E-state index in [-0.39, 0.29) is 6.61 Å². The maximum Gasteiger partial charge on any atom is 0.338 e. The Morgan fingerprint density at radius 1 is 1.36 bits per heavy atom. The average Bonchev–Trinajstić information content (AvgIpc) is 2.02. The zero-order chi connectivity index (χ0) is 11.4. The number of esters is 2. The first-order valence-corrected chi connectivity index (χ1v) is 5.05. The average molecular weight is 226 g/mol. The van der Waals surface area contributed by atoms with Crippen LogP contribution in [0.3, 0.4) is 0 Å². The van der Waals surface area contributed by atoms with Gasteiger partial charge in [0, 0.05) is 0 Å². The van der Waals surface area contributed by atoms with Crippen LogP contribution in [0.25, 0.3) is 0 Å². The second kappa shape index (κ2) is 4.91. The molecule has 0 aromatic heterocycles. The van der Waals surface area contributed by atoms with Gasteiger partial charge in [0.15, 0.2) is 0 Å². The Hall–Kier alpha value is -1.15. The molecule has 0 aromatic carbocycles. The van der Waals surface area contributed by atoms with Crippen LogP contribution in [0.5, 0.6) is 0 Å². The number of ether oxygens (including phenoxy) is 2. The van der Waals surface area contributed by atoms with Crippen molar-refractivity contribution in [2.75, 3.05) is 13.7 Å². The van der Waals surface area contributed by atoms with E-state index < -0.39 is 27.3 Å². The molecular weight excluding hydrogens is 216 g/mol. The van der Waals surface area contributed by atoms with Crippen molar-refractivity contribution in [1.82, 2.24) is 0 Å². The lowest BCUT2D eigenvalue weighted by Crippen LogP contribution is -2.39. The first-order chi connectivity index (χ1) is 6.34. The molecule has 1 N–H and O–H groups in total. The summed E-state index contributed by atoms with van der Waals surface area (Å²) in [5.74, 6) is -2.74. The molecule has 1 unspecified atom stereocenters. The zero-order valence-electron chi connectivity index (χ0n) is 7.59. The van der Waals surface area contributed by atoms with Gasteiger partial charge in [-0.25, -0.2) is 9.59 Å². The lowest BCUT2D eigenvalue weighted by atomic mass is 10.4. The molecule has 0 saturated carbocycles. The Kier molecular flexibility index (Phi) is 4.51. The molecule has 0 aliphatic heterocycles. The van der Waals surface area contributed by atoms with Crippen LogP contribution in [0.4, 0.5) is 0 Å². The number of carbonyl (C=O) groups excluding carboxylic acids is 2. The summed E-state index contributed by atoms with van der Waals surface area (Å²) in [7, 11) is -3.96. The third-order valence-electron chi connectivity index (χ3n) is 1.21. The largest absolute Gasteiger partial charge is 0.468 e. The van der Waals surface area contributed by atoms with E-state index in [9.17, 15) is 18.0 Å². The van der Waals surface area contributed by atoms with Crippen molar-refractivity contribution >= 4 is 22.1 Å². The lowest BCUT2D eigenvalue weighted by Gasteiger charge is -2.09. The van der Waals surface area contributed by atoms with Crippen LogP contribution in [0.1, 0.15) is 6.92 Å². The third kappa shape index (κ3) is 3.30. The van der Waals surface area contributed by atoms with E-state index in [1.165, 1.54) is 6.92 Å². The van der Waals surface area contributed by atoms with Crippen molar-refractivity contribution in [3.8, 4) is 0 Å². The molecule has 0 heterocycles. The fraction of sp³-hybridized carbons (Fsp3) is 0.667. The maximum absolute atomic E-state index is 10.9. The summed E-state index contributed by atoms with van der Waals surface area (Å²) in [6.07, 6.45) is 0. The topological polar surface area (TPSA) is 107 Å². The highest BCUT2D eigenvalue weighted by Crippen LogP contribution is 2.04. The molecule has 0 amide bonds. The summed E-state index contributed by atoms with van der Waals surface area (Å²) >= 11 is 0. The van der Waals surface area contributed by atoms with Crippen LogP contribution in [0, 0.1) is 0 Å². The van der Waals surface area contributed by atoms with E-state index in [1.807, 2.05) is 0 Å². The molecule has 8 heteroatoms. The number of rotatable bonds is 4. The SMILES string of the molecule is CCOC(=O)C(C(=O)OC)S(=O)(=O)O. The Balaban J connectivity index is 4.93. The normalized spacial score (nSPS) is 13.1.